The number of aromatic nitrogens is 2. The number of likely N-dealkylation sites (tertiary alicyclic amines) is 1. The van der Waals surface area contributed by atoms with Crippen molar-refractivity contribution in [2.45, 2.75) is 18.9 Å². The van der Waals surface area contributed by atoms with Gasteiger partial charge in [-0.25, -0.2) is 4.98 Å². The number of para-hydroxylation sites is 2. The summed E-state index contributed by atoms with van der Waals surface area (Å²) in [6, 6.07) is 15.4. The van der Waals surface area contributed by atoms with E-state index >= 15 is 0 Å². The molecule has 1 atom stereocenters. The molecule has 3 aromatic rings. The molecular formula is C20H20ClN3O2. The molecule has 6 heteroatoms. The molecule has 5 nitrogen and oxygen atoms in total. The van der Waals surface area contributed by atoms with Crippen LogP contribution in [0.3, 0.4) is 0 Å². The summed E-state index contributed by atoms with van der Waals surface area (Å²) >= 11 is 5.91. The first-order valence-corrected chi connectivity index (χ1v) is 9.07. The molecule has 1 aliphatic heterocycles. The molecule has 2 heterocycles. The summed E-state index contributed by atoms with van der Waals surface area (Å²) in [5, 5.41) is 0.690. The van der Waals surface area contributed by atoms with Crippen LogP contribution in [0, 0.1) is 0 Å². The van der Waals surface area contributed by atoms with E-state index in [-0.39, 0.29) is 11.8 Å². The highest BCUT2D eigenvalue weighted by atomic mass is 35.5. The Labute approximate surface area is 157 Å². The minimum absolute atomic E-state index is 0.121. The Kier molecular flexibility index (Phi) is 4.55. The lowest BCUT2D eigenvalue weighted by Gasteiger charge is -2.14. The first kappa shape index (κ1) is 16.9. The van der Waals surface area contributed by atoms with E-state index in [0.717, 1.165) is 22.6 Å². The molecular weight excluding hydrogens is 350 g/mol. The minimum Gasteiger partial charge on any atom is -0.492 e. The number of nitrogens with zero attached hydrogens (tertiary/aromatic N) is 3. The summed E-state index contributed by atoms with van der Waals surface area (Å²) < 4.78 is 8.04. The van der Waals surface area contributed by atoms with Crippen LogP contribution >= 0.6 is 11.6 Å². The highest BCUT2D eigenvalue weighted by Crippen LogP contribution is 2.29. The number of halogens is 1. The smallest absolute Gasteiger partial charge is 0.223 e. The first-order chi connectivity index (χ1) is 12.6. The number of fused-ring (bicyclic) bond motifs is 1. The van der Waals surface area contributed by atoms with Crippen molar-refractivity contribution >= 4 is 28.5 Å². The van der Waals surface area contributed by atoms with Crippen molar-refractivity contribution in [3.8, 4) is 5.75 Å². The lowest BCUT2D eigenvalue weighted by atomic mass is 10.1. The molecule has 1 aromatic heterocycles. The van der Waals surface area contributed by atoms with Gasteiger partial charge in [0.25, 0.3) is 0 Å². The molecule has 1 amide bonds. The molecule has 0 bridgehead atoms. The average molecular weight is 370 g/mol. The number of likely N-dealkylation sites (N-methyl/N-ethyl adjacent to an activating group) is 1. The van der Waals surface area contributed by atoms with E-state index in [1.165, 1.54) is 0 Å². The summed E-state index contributed by atoms with van der Waals surface area (Å²) in [6.07, 6.45) is 0.512. The van der Waals surface area contributed by atoms with Crippen LogP contribution in [0.5, 0.6) is 5.75 Å². The van der Waals surface area contributed by atoms with Crippen LogP contribution in [0.25, 0.3) is 11.0 Å². The number of benzene rings is 2. The van der Waals surface area contributed by atoms with E-state index in [4.69, 9.17) is 21.3 Å². The van der Waals surface area contributed by atoms with Gasteiger partial charge in [-0.3, -0.25) is 4.79 Å². The fourth-order valence-corrected chi connectivity index (χ4v) is 3.59. The lowest BCUT2D eigenvalue weighted by Crippen LogP contribution is -2.19. The van der Waals surface area contributed by atoms with Gasteiger partial charge in [0.15, 0.2) is 0 Å². The Hall–Kier alpha value is -2.53. The predicted octanol–water partition coefficient (Wildman–Crippen LogP) is 3.71. The zero-order valence-corrected chi connectivity index (χ0v) is 15.3. The van der Waals surface area contributed by atoms with Gasteiger partial charge >= 0.3 is 0 Å². The second-order valence-corrected chi connectivity index (χ2v) is 7.02. The van der Waals surface area contributed by atoms with E-state index in [0.29, 0.717) is 31.1 Å². The Bertz CT molecular complexity index is 936. The maximum Gasteiger partial charge on any atom is 0.223 e. The molecule has 0 aliphatic carbocycles. The van der Waals surface area contributed by atoms with Crippen molar-refractivity contribution in [3.63, 3.8) is 0 Å². The zero-order chi connectivity index (χ0) is 18.1. The number of imidazole rings is 1. The Morgan fingerprint density at radius 2 is 1.96 bits per heavy atom. The number of amides is 1. The Morgan fingerprint density at radius 1 is 1.19 bits per heavy atom. The second kappa shape index (κ2) is 7.00. The topological polar surface area (TPSA) is 47.4 Å². The molecule has 1 fully saturated rings. The third-order valence-corrected chi connectivity index (χ3v) is 5.04. The minimum atomic E-state index is 0.121. The van der Waals surface area contributed by atoms with Crippen LogP contribution in [-0.2, 0) is 11.3 Å². The molecule has 0 saturated carbocycles. The third kappa shape index (κ3) is 3.27. The van der Waals surface area contributed by atoms with E-state index in [2.05, 4.69) is 10.6 Å². The van der Waals surface area contributed by atoms with Gasteiger partial charge < -0.3 is 14.2 Å². The van der Waals surface area contributed by atoms with Crippen molar-refractivity contribution in [2.24, 2.45) is 0 Å². The van der Waals surface area contributed by atoms with Crippen molar-refractivity contribution in [3.05, 3.63) is 59.4 Å². The van der Waals surface area contributed by atoms with Crippen LogP contribution in [0.4, 0.5) is 0 Å². The SMILES string of the molecule is CN1CC(c2nc3ccccc3n2CCOc2ccc(Cl)cc2)CC1=O. The largest absolute Gasteiger partial charge is 0.492 e. The Balaban J connectivity index is 1.57. The molecule has 0 N–H and O–H groups in total. The molecule has 134 valence electrons. The number of carbonyl (C=O) groups is 1. The zero-order valence-electron chi connectivity index (χ0n) is 14.6. The molecule has 1 unspecified atom stereocenters. The molecule has 1 aliphatic rings. The number of hydrogen-bond donors (Lipinski definition) is 0. The number of hydrogen-bond acceptors (Lipinski definition) is 3. The van der Waals surface area contributed by atoms with Crippen molar-refractivity contribution in [1.82, 2.24) is 14.5 Å². The van der Waals surface area contributed by atoms with Crippen molar-refractivity contribution in [1.29, 1.82) is 0 Å². The normalized spacial score (nSPS) is 17.2. The van der Waals surface area contributed by atoms with Crippen molar-refractivity contribution < 1.29 is 9.53 Å². The fraction of sp³-hybridized carbons (Fsp3) is 0.300. The highest BCUT2D eigenvalue weighted by Gasteiger charge is 2.31. The number of ether oxygens (including phenoxy) is 1. The number of rotatable bonds is 5. The lowest BCUT2D eigenvalue weighted by molar-refractivity contribution is -0.126. The second-order valence-electron chi connectivity index (χ2n) is 6.59. The average Bonchev–Trinajstić information content (AvgIpc) is 3.17. The van der Waals surface area contributed by atoms with E-state index in [1.54, 1.807) is 4.90 Å². The number of carbonyl (C=O) groups excluding carboxylic acids is 1. The van der Waals surface area contributed by atoms with Gasteiger partial charge in [-0.2, -0.15) is 0 Å². The fourth-order valence-electron chi connectivity index (χ4n) is 3.46. The van der Waals surface area contributed by atoms with Crippen LogP contribution in [-0.4, -0.2) is 40.6 Å². The van der Waals surface area contributed by atoms with Gasteiger partial charge in [0.05, 0.1) is 17.6 Å². The van der Waals surface area contributed by atoms with Gasteiger partial charge in [-0.1, -0.05) is 23.7 Å². The summed E-state index contributed by atoms with van der Waals surface area (Å²) in [5.74, 6) is 2.04. The molecule has 4 rings (SSSR count). The van der Waals surface area contributed by atoms with Crippen LogP contribution in [0.1, 0.15) is 18.2 Å². The van der Waals surface area contributed by atoms with Gasteiger partial charge in [-0.15, -0.1) is 0 Å². The van der Waals surface area contributed by atoms with E-state index in [1.807, 2.05) is 49.5 Å². The third-order valence-electron chi connectivity index (χ3n) is 4.79. The Morgan fingerprint density at radius 3 is 2.69 bits per heavy atom. The quantitative estimate of drug-likeness (QED) is 0.688. The molecule has 26 heavy (non-hydrogen) atoms. The maximum atomic E-state index is 12.0. The molecule has 0 radical (unpaired) electrons. The van der Waals surface area contributed by atoms with Gasteiger partial charge in [-0.05, 0) is 36.4 Å². The summed E-state index contributed by atoms with van der Waals surface area (Å²) in [6.45, 7) is 1.90. The highest BCUT2D eigenvalue weighted by molar-refractivity contribution is 6.30. The molecule has 0 spiro atoms. The summed E-state index contributed by atoms with van der Waals surface area (Å²) in [7, 11) is 1.85. The molecule has 2 aromatic carbocycles. The van der Waals surface area contributed by atoms with Crippen LogP contribution in [0.2, 0.25) is 5.02 Å². The maximum absolute atomic E-state index is 12.0. The van der Waals surface area contributed by atoms with Crippen LogP contribution < -0.4 is 4.74 Å². The van der Waals surface area contributed by atoms with E-state index < -0.39 is 0 Å². The van der Waals surface area contributed by atoms with Crippen molar-refractivity contribution in [2.75, 3.05) is 20.2 Å². The van der Waals surface area contributed by atoms with Gasteiger partial charge in [0, 0.05) is 31.0 Å². The van der Waals surface area contributed by atoms with Crippen LogP contribution in [0.15, 0.2) is 48.5 Å². The van der Waals surface area contributed by atoms with Gasteiger partial charge in [0.1, 0.15) is 18.2 Å². The standard InChI is InChI=1S/C20H20ClN3O2/c1-23-13-14(12-19(23)25)20-22-17-4-2-3-5-18(17)24(20)10-11-26-16-8-6-15(21)7-9-16/h2-9,14H,10-13H2,1H3. The van der Waals surface area contributed by atoms with Gasteiger partial charge in [0.2, 0.25) is 5.91 Å². The monoisotopic (exact) mass is 369 g/mol. The summed E-state index contributed by atoms with van der Waals surface area (Å²) in [5.41, 5.74) is 2.03. The van der Waals surface area contributed by atoms with E-state index in [9.17, 15) is 4.79 Å². The first-order valence-electron chi connectivity index (χ1n) is 8.69. The predicted molar refractivity (Wildman–Crippen MR) is 102 cm³/mol. The summed E-state index contributed by atoms with van der Waals surface area (Å²) in [4.78, 5) is 18.6. The molecule has 1 saturated heterocycles.